The number of para-hydroxylation sites is 1. The average molecular weight is 365 g/mol. The summed E-state index contributed by atoms with van der Waals surface area (Å²) in [6.45, 7) is 5.38. The van der Waals surface area contributed by atoms with Crippen molar-refractivity contribution in [2.75, 3.05) is 13.7 Å². The number of hydrogen-bond donors (Lipinski definition) is 1. The number of nitrogens with one attached hydrogen (secondary N) is 1. The highest BCUT2D eigenvalue weighted by Gasteiger charge is 2.07. The average Bonchev–Trinajstić information content (AvgIpc) is 3.01. The minimum atomic E-state index is -0.600. The van der Waals surface area contributed by atoms with Crippen LogP contribution in [-0.4, -0.2) is 30.6 Å². The fraction of sp³-hybridized carbons (Fsp3) is 0.238. The molecule has 1 amide bonds. The van der Waals surface area contributed by atoms with Crippen LogP contribution in [-0.2, 0) is 11.3 Å². The molecule has 0 bridgehead atoms. The summed E-state index contributed by atoms with van der Waals surface area (Å²) in [4.78, 5) is 11.1. The van der Waals surface area contributed by atoms with E-state index in [-0.39, 0.29) is 0 Å². The summed E-state index contributed by atoms with van der Waals surface area (Å²) in [7, 11) is 1.30. The normalized spacial score (nSPS) is 11.1. The highest BCUT2D eigenvalue weighted by atomic mass is 16.5. The second-order valence-electron chi connectivity index (χ2n) is 6.27. The Morgan fingerprint density at radius 1 is 1.22 bits per heavy atom. The van der Waals surface area contributed by atoms with E-state index in [1.807, 2.05) is 30.5 Å². The highest BCUT2D eigenvalue weighted by Crippen LogP contribution is 2.21. The molecule has 1 aromatic heterocycles. The molecule has 140 valence electrons. The Balaban J connectivity index is 1.73. The maximum Gasteiger partial charge on any atom is 0.427 e. The third-order valence-electron chi connectivity index (χ3n) is 4.28. The molecule has 0 aliphatic heterocycles. The molecule has 0 radical (unpaired) electrons. The maximum atomic E-state index is 11.1. The van der Waals surface area contributed by atoms with Gasteiger partial charge in [-0.25, -0.2) is 10.2 Å². The minimum absolute atomic E-state index is 0.555. The molecule has 0 saturated carbocycles. The van der Waals surface area contributed by atoms with E-state index >= 15 is 0 Å². The van der Waals surface area contributed by atoms with Gasteiger partial charge in [0.1, 0.15) is 12.4 Å². The molecule has 27 heavy (non-hydrogen) atoms. The van der Waals surface area contributed by atoms with E-state index in [1.165, 1.54) is 12.7 Å². The first-order valence-corrected chi connectivity index (χ1v) is 8.73. The van der Waals surface area contributed by atoms with Gasteiger partial charge in [0, 0.05) is 22.7 Å². The van der Waals surface area contributed by atoms with Crippen molar-refractivity contribution in [3.8, 4) is 5.75 Å². The lowest BCUT2D eigenvalue weighted by atomic mass is 10.1. The van der Waals surface area contributed by atoms with E-state index < -0.39 is 6.09 Å². The molecule has 0 spiro atoms. The SMILES string of the molecule is COC(=O)N/N=C/c1cn(CCOc2ccc(C)cc2C)c2ccccc12. The molecule has 6 heteroatoms. The number of hydrazone groups is 1. The molecule has 0 unspecified atom stereocenters. The Labute approximate surface area is 158 Å². The highest BCUT2D eigenvalue weighted by molar-refractivity contribution is 5.99. The van der Waals surface area contributed by atoms with Gasteiger partial charge in [-0.15, -0.1) is 0 Å². The number of aryl methyl sites for hydroxylation is 2. The van der Waals surface area contributed by atoms with E-state index in [2.05, 4.69) is 51.9 Å². The number of carbonyl (C=O) groups is 1. The molecule has 2 aromatic carbocycles. The first-order valence-electron chi connectivity index (χ1n) is 8.73. The number of aromatic nitrogens is 1. The molecule has 1 heterocycles. The zero-order valence-electron chi connectivity index (χ0n) is 15.7. The van der Waals surface area contributed by atoms with Crippen molar-refractivity contribution in [3.63, 3.8) is 0 Å². The second kappa shape index (κ2) is 8.40. The van der Waals surface area contributed by atoms with Crippen LogP contribution in [0.4, 0.5) is 4.79 Å². The summed E-state index contributed by atoms with van der Waals surface area (Å²) in [6, 6.07) is 14.2. The number of hydrogen-bond acceptors (Lipinski definition) is 4. The fourth-order valence-electron chi connectivity index (χ4n) is 2.98. The molecular weight excluding hydrogens is 342 g/mol. The van der Waals surface area contributed by atoms with Gasteiger partial charge in [0.2, 0.25) is 0 Å². The number of carbonyl (C=O) groups excluding carboxylic acids is 1. The lowest BCUT2D eigenvalue weighted by molar-refractivity contribution is 0.171. The monoisotopic (exact) mass is 365 g/mol. The summed E-state index contributed by atoms with van der Waals surface area (Å²) >= 11 is 0. The van der Waals surface area contributed by atoms with Crippen molar-refractivity contribution in [2.45, 2.75) is 20.4 Å². The third kappa shape index (κ3) is 4.47. The van der Waals surface area contributed by atoms with Gasteiger partial charge in [0.15, 0.2) is 0 Å². The van der Waals surface area contributed by atoms with Crippen LogP contribution < -0.4 is 10.2 Å². The first-order chi connectivity index (χ1) is 13.1. The fourth-order valence-corrected chi connectivity index (χ4v) is 2.98. The van der Waals surface area contributed by atoms with Crippen LogP contribution in [0.1, 0.15) is 16.7 Å². The van der Waals surface area contributed by atoms with E-state index in [0.29, 0.717) is 13.2 Å². The van der Waals surface area contributed by atoms with Crippen LogP contribution in [0.5, 0.6) is 5.75 Å². The molecule has 1 N–H and O–H groups in total. The van der Waals surface area contributed by atoms with E-state index in [0.717, 1.165) is 27.8 Å². The van der Waals surface area contributed by atoms with E-state index in [9.17, 15) is 4.79 Å². The van der Waals surface area contributed by atoms with Crippen LogP contribution in [0.15, 0.2) is 53.8 Å². The Morgan fingerprint density at radius 3 is 2.81 bits per heavy atom. The molecule has 6 nitrogen and oxygen atoms in total. The Kier molecular flexibility index (Phi) is 5.76. The maximum absolute atomic E-state index is 11.1. The number of rotatable bonds is 6. The Bertz CT molecular complexity index is 976. The van der Waals surface area contributed by atoms with Crippen LogP contribution >= 0.6 is 0 Å². The van der Waals surface area contributed by atoms with Gasteiger partial charge in [-0.1, -0.05) is 35.9 Å². The number of amides is 1. The Hall–Kier alpha value is -3.28. The summed E-state index contributed by atoms with van der Waals surface area (Å²) in [5.74, 6) is 0.904. The van der Waals surface area contributed by atoms with Crippen molar-refractivity contribution >= 4 is 23.2 Å². The van der Waals surface area contributed by atoms with E-state index in [1.54, 1.807) is 6.21 Å². The molecule has 0 fully saturated rings. The molecule has 0 saturated heterocycles. The quantitative estimate of drug-likeness (QED) is 0.530. The van der Waals surface area contributed by atoms with Crippen LogP contribution in [0.25, 0.3) is 10.9 Å². The largest absolute Gasteiger partial charge is 0.491 e. The second-order valence-corrected chi connectivity index (χ2v) is 6.27. The topological polar surface area (TPSA) is 64.8 Å². The van der Waals surface area contributed by atoms with Crippen molar-refractivity contribution in [1.29, 1.82) is 0 Å². The van der Waals surface area contributed by atoms with Crippen LogP contribution in [0, 0.1) is 13.8 Å². The van der Waals surface area contributed by atoms with Gasteiger partial charge in [0.05, 0.1) is 19.9 Å². The Morgan fingerprint density at radius 2 is 2.04 bits per heavy atom. The number of nitrogens with zero attached hydrogens (tertiary/aromatic N) is 2. The number of ether oxygens (including phenoxy) is 2. The minimum Gasteiger partial charge on any atom is -0.491 e. The lowest BCUT2D eigenvalue weighted by Gasteiger charge is -2.11. The molecule has 0 atom stereocenters. The van der Waals surface area contributed by atoms with Gasteiger partial charge in [0.25, 0.3) is 0 Å². The first kappa shape index (κ1) is 18.5. The van der Waals surface area contributed by atoms with Gasteiger partial charge in [-0.3, -0.25) is 0 Å². The number of methoxy groups -OCH3 is 1. The van der Waals surface area contributed by atoms with E-state index in [4.69, 9.17) is 4.74 Å². The summed E-state index contributed by atoms with van der Waals surface area (Å²) < 4.78 is 12.6. The molecule has 3 rings (SSSR count). The molecule has 0 aliphatic rings. The van der Waals surface area contributed by atoms with Crippen molar-refractivity contribution in [3.05, 3.63) is 65.4 Å². The smallest absolute Gasteiger partial charge is 0.427 e. The predicted octanol–water partition coefficient (Wildman–Crippen LogP) is 4.03. The zero-order chi connectivity index (χ0) is 19.2. The van der Waals surface area contributed by atoms with Gasteiger partial charge in [-0.2, -0.15) is 5.10 Å². The molecule has 3 aromatic rings. The summed E-state index contributed by atoms with van der Waals surface area (Å²) in [6.07, 6.45) is 3.01. The number of benzene rings is 2. The molecular formula is C21H23N3O3. The van der Waals surface area contributed by atoms with Crippen molar-refractivity contribution in [2.24, 2.45) is 5.10 Å². The van der Waals surface area contributed by atoms with Crippen molar-refractivity contribution in [1.82, 2.24) is 9.99 Å². The summed E-state index contributed by atoms with van der Waals surface area (Å²) in [5, 5.41) is 4.98. The third-order valence-corrected chi connectivity index (χ3v) is 4.28. The van der Waals surface area contributed by atoms with Gasteiger partial charge in [-0.05, 0) is 31.5 Å². The van der Waals surface area contributed by atoms with Crippen molar-refractivity contribution < 1.29 is 14.3 Å². The molecule has 0 aliphatic carbocycles. The predicted molar refractivity (Wildman–Crippen MR) is 106 cm³/mol. The van der Waals surface area contributed by atoms with Gasteiger partial charge < -0.3 is 14.0 Å². The van der Waals surface area contributed by atoms with Gasteiger partial charge >= 0.3 is 6.09 Å². The summed E-state index contributed by atoms with van der Waals surface area (Å²) in [5.41, 5.74) is 6.66. The zero-order valence-corrected chi connectivity index (χ0v) is 15.7. The lowest BCUT2D eigenvalue weighted by Crippen LogP contribution is -2.16. The standard InChI is InChI=1S/C21H23N3O3/c1-15-8-9-20(16(2)12-15)27-11-10-24-14-17(13-22-23-21(25)26-3)18-6-4-5-7-19(18)24/h4-9,12-14H,10-11H2,1-3H3,(H,23,25)/b22-13+. The number of fused-ring (bicyclic) bond motifs is 1. The van der Waals surface area contributed by atoms with Crippen LogP contribution in [0.2, 0.25) is 0 Å². The van der Waals surface area contributed by atoms with Crippen LogP contribution in [0.3, 0.4) is 0 Å².